The van der Waals surface area contributed by atoms with Crippen LogP contribution in [-0.4, -0.2) is 41.2 Å². The number of hydrogen-bond acceptors (Lipinski definition) is 3. The van der Waals surface area contributed by atoms with Crippen LogP contribution < -0.4 is 10.2 Å². The lowest BCUT2D eigenvalue weighted by Crippen LogP contribution is -2.51. The first-order valence-electron chi connectivity index (χ1n) is 7.54. The van der Waals surface area contributed by atoms with Crippen LogP contribution in [0.5, 0.6) is 0 Å². The zero-order chi connectivity index (χ0) is 15.2. The molecule has 0 amide bonds. The Morgan fingerprint density at radius 1 is 1.00 bits per heavy atom. The molecule has 5 heteroatoms. The highest BCUT2D eigenvalue weighted by atomic mass is 32.1. The summed E-state index contributed by atoms with van der Waals surface area (Å²) >= 11 is 5.51. The molecular formula is C17H20N4S. The van der Waals surface area contributed by atoms with E-state index in [1.165, 1.54) is 11.3 Å². The van der Waals surface area contributed by atoms with Crippen LogP contribution in [-0.2, 0) is 6.54 Å². The molecule has 2 aromatic rings. The molecule has 1 aliphatic rings. The van der Waals surface area contributed by atoms with Crippen LogP contribution in [0, 0.1) is 0 Å². The van der Waals surface area contributed by atoms with E-state index in [4.69, 9.17) is 12.2 Å². The number of aromatic nitrogens is 1. The summed E-state index contributed by atoms with van der Waals surface area (Å²) in [6, 6.07) is 14.5. The molecule has 22 heavy (non-hydrogen) atoms. The van der Waals surface area contributed by atoms with E-state index >= 15 is 0 Å². The molecule has 114 valence electrons. The fourth-order valence-electron chi connectivity index (χ4n) is 2.61. The third-order valence-corrected chi connectivity index (χ3v) is 4.28. The average Bonchev–Trinajstić information content (AvgIpc) is 2.61. The molecule has 2 heterocycles. The van der Waals surface area contributed by atoms with Crippen LogP contribution in [0.4, 0.5) is 5.69 Å². The van der Waals surface area contributed by atoms with Crippen LogP contribution in [0.25, 0.3) is 0 Å². The zero-order valence-electron chi connectivity index (χ0n) is 12.5. The van der Waals surface area contributed by atoms with Crippen LogP contribution in [0.15, 0.2) is 54.9 Å². The van der Waals surface area contributed by atoms with Crippen molar-refractivity contribution in [3.05, 3.63) is 60.4 Å². The highest BCUT2D eigenvalue weighted by Crippen LogP contribution is 2.14. The lowest BCUT2D eigenvalue weighted by atomic mass is 10.2. The van der Waals surface area contributed by atoms with Gasteiger partial charge in [-0.1, -0.05) is 30.3 Å². The number of rotatable bonds is 3. The van der Waals surface area contributed by atoms with Crippen molar-refractivity contribution in [2.75, 3.05) is 31.1 Å². The van der Waals surface area contributed by atoms with Crippen molar-refractivity contribution in [2.24, 2.45) is 0 Å². The van der Waals surface area contributed by atoms with Crippen molar-refractivity contribution in [3.8, 4) is 0 Å². The molecule has 1 fully saturated rings. The van der Waals surface area contributed by atoms with Gasteiger partial charge in [0.25, 0.3) is 0 Å². The Labute approximate surface area is 136 Å². The largest absolute Gasteiger partial charge is 0.368 e. The number of nitrogens with one attached hydrogen (secondary N) is 1. The maximum atomic E-state index is 5.51. The summed E-state index contributed by atoms with van der Waals surface area (Å²) in [6.45, 7) is 4.64. The molecule has 1 aromatic carbocycles. The van der Waals surface area contributed by atoms with Gasteiger partial charge in [-0.05, 0) is 29.9 Å². The molecule has 3 rings (SSSR count). The lowest BCUT2D eigenvalue weighted by molar-refractivity contribution is 0.380. The number of thiocarbonyl (C=S) groups is 1. The van der Waals surface area contributed by atoms with Gasteiger partial charge in [0.05, 0.1) is 0 Å². The topological polar surface area (TPSA) is 31.4 Å². The van der Waals surface area contributed by atoms with Gasteiger partial charge in [0.2, 0.25) is 0 Å². The maximum Gasteiger partial charge on any atom is 0.169 e. The van der Waals surface area contributed by atoms with E-state index in [0.717, 1.165) is 37.8 Å². The van der Waals surface area contributed by atoms with Gasteiger partial charge in [-0.25, -0.2) is 0 Å². The highest BCUT2D eigenvalue weighted by Gasteiger charge is 2.18. The molecule has 0 spiro atoms. The fourth-order valence-corrected chi connectivity index (χ4v) is 2.86. The Morgan fingerprint density at radius 3 is 2.36 bits per heavy atom. The van der Waals surface area contributed by atoms with Crippen LogP contribution in [0.1, 0.15) is 5.56 Å². The minimum atomic E-state index is 0.782. The van der Waals surface area contributed by atoms with Gasteiger partial charge in [0, 0.05) is 50.8 Å². The second kappa shape index (κ2) is 7.22. The molecule has 1 aromatic heterocycles. The summed E-state index contributed by atoms with van der Waals surface area (Å²) in [5.74, 6) is 0. The van der Waals surface area contributed by atoms with E-state index in [0.29, 0.717) is 0 Å². The molecule has 0 saturated carbocycles. The molecule has 0 atom stereocenters. The third-order valence-electron chi connectivity index (χ3n) is 3.88. The predicted octanol–water partition coefficient (Wildman–Crippen LogP) is 2.28. The highest BCUT2D eigenvalue weighted by molar-refractivity contribution is 7.80. The normalized spacial score (nSPS) is 14.7. The van der Waals surface area contributed by atoms with Crippen molar-refractivity contribution in [2.45, 2.75) is 6.54 Å². The lowest BCUT2D eigenvalue weighted by Gasteiger charge is -2.37. The Balaban J connectivity index is 1.48. The second-order valence-corrected chi connectivity index (χ2v) is 5.71. The molecule has 4 nitrogen and oxygen atoms in total. The van der Waals surface area contributed by atoms with Crippen LogP contribution in [0.2, 0.25) is 0 Å². The van der Waals surface area contributed by atoms with E-state index in [-0.39, 0.29) is 0 Å². The van der Waals surface area contributed by atoms with Crippen molar-refractivity contribution in [1.29, 1.82) is 0 Å². The average molecular weight is 312 g/mol. The standard InChI is InChI=1S/C17H20N4S/c22-17(19-14-15-4-2-1-3-5-15)21-12-10-20(11-13-21)16-6-8-18-9-7-16/h1-9H,10-14H2,(H,19,22). The molecule has 0 aliphatic carbocycles. The number of piperazine rings is 1. The number of benzene rings is 1. The number of pyridine rings is 1. The van der Waals surface area contributed by atoms with E-state index in [1.54, 1.807) is 0 Å². The monoisotopic (exact) mass is 312 g/mol. The van der Waals surface area contributed by atoms with Gasteiger partial charge < -0.3 is 15.1 Å². The predicted molar refractivity (Wildman–Crippen MR) is 93.9 cm³/mol. The van der Waals surface area contributed by atoms with Gasteiger partial charge in [-0.3, -0.25) is 4.98 Å². The van der Waals surface area contributed by atoms with Crippen molar-refractivity contribution >= 4 is 23.0 Å². The van der Waals surface area contributed by atoms with Gasteiger partial charge >= 0.3 is 0 Å². The first-order chi connectivity index (χ1) is 10.8. The van der Waals surface area contributed by atoms with E-state index in [1.807, 2.05) is 30.6 Å². The van der Waals surface area contributed by atoms with Gasteiger partial charge in [0.15, 0.2) is 5.11 Å². The minimum absolute atomic E-state index is 0.782. The fraction of sp³-hybridized carbons (Fsp3) is 0.294. The van der Waals surface area contributed by atoms with Gasteiger partial charge in [-0.2, -0.15) is 0 Å². The smallest absolute Gasteiger partial charge is 0.169 e. The summed E-state index contributed by atoms with van der Waals surface area (Å²) in [5.41, 5.74) is 2.48. The Morgan fingerprint density at radius 2 is 1.68 bits per heavy atom. The quantitative estimate of drug-likeness (QED) is 0.879. The van der Waals surface area contributed by atoms with E-state index < -0.39 is 0 Å². The molecule has 0 bridgehead atoms. The molecule has 0 radical (unpaired) electrons. The van der Waals surface area contributed by atoms with Crippen LogP contribution >= 0.6 is 12.2 Å². The van der Waals surface area contributed by atoms with Crippen molar-refractivity contribution < 1.29 is 0 Å². The Kier molecular flexibility index (Phi) is 4.85. The number of hydrogen-bond donors (Lipinski definition) is 1. The zero-order valence-corrected chi connectivity index (χ0v) is 13.3. The first-order valence-corrected chi connectivity index (χ1v) is 7.95. The Hall–Kier alpha value is -2.14. The molecule has 0 unspecified atom stereocenters. The first kappa shape index (κ1) is 14.8. The third kappa shape index (κ3) is 3.74. The summed E-state index contributed by atoms with van der Waals surface area (Å²) in [5, 5.41) is 4.20. The second-order valence-electron chi connectivity index (χ2n) is 5.32. The molecule has 1 N–H and O–H groups in total. The molecule has 1 saturated heterocycles. The van der Waals surface area contributed by atoms with Gasteiger partial charge in [0.1, 0.15) is 0 Å². The minimum Gasteiger partial charge on any atom is -0.368 e. The summed E-state index contributed by atoms with van der Waals surface area (Å²) in [6.07, 6.45) is 3.68. The number of anilines is 1. The molecule has 1 aliphatic heterocycles. The van der Waals surface area contributed by atoms with Crippen LogP contribution in [0.3, 0.4) is 0 Å². The summed E-state index contributed by atoms with van der Waals surface area (Å²) in [4.78, 5) is 8.69. The van der Waals surface area contributed by atoms with E-state index in [9.17, 15) is 0 Å². The SMILES string of the molecule is S=C(NCc1ccccc1)N1CCN(c2ccncc2)CC1. The number of nitrogens with zero attached hydrogens (tertiary/aromatic N) is 3. The van der Waals surface area contributed by atoms with Crippen molar-refractivity contribution in [1.82, 2.24) is 15.2 Å². The van der Waals surface area contributed by atoms with Crippen molar-refractivity contribution in [3.63, 3.8) is 0 Å². The van der Waals surface area contributed by atoms with Gasteiger partial charge in [-0.15, -0.1) is 0 Å². The molecular weight excluding hydrogens is 292 g/mol. The van der Waals surface area contributed by atoms with E-state index in [2.05, 4.69) is 44.4 Å². The Bertz CT molecular complexity index is 595. The maximum absolute atomic E-state index is 5.51. The summed E-state index contributed by atoms with van der Waals surface area (Å²) < 4.78 is 0. The summed E-state index contributed by atoms with van der Waals surface area (Å²) in [7, 11) is 0.